The van der Waals surface area contributed by atoms with Crippen molar-refractivity contribution in [1.82, 2.24) is 20.9 Å². The Kier molecular flexibility index (Phi) is 8.17. The molecule has 4 amide bonds. The summed E-state index contributed by atoms with van der Waals surface area (Å²) in [6.07, 6.45) is 0.942. The summed E-state index contributed by atoms with van der Waals surface area (Å²) in [7, 11) is 0. The highest BCUT2D eigenvalue weighted by Crippen LogP contribution is 2.20. The van der Waals surface area contributed by atoms with Crippen LogP contribution in [0.2, 0.25) is 0 Å². The van der Waals surface area contributed by atoms with Crippen molar-refractivity contribution in [2.24, 2.45) is 0 Å². The van der Waals surface area contributed by atoms with Crippen LogP contribution in [-0.2, 0) is 27.2 Å². The van der Waals surface area contributed by atoms with Gasteiger partial charge in [0, 0.05) is 13.1 Å². The Morgan fingerprint density at radius 3 is 2.33 bits per heavy atom. The minimum absolute atomic E-state index is 0.0683. The van der Waals surface area contributed by atoms with Crippen molar-refractivity contribution in [3.8, 4) is 5.75 Å². The third-order valence-corrected chi connectivity index (χ3v) is 6.35. The fourth-order valence-electron chi connectivity index (χ4n) is 4.42. The molecular weight excluding hydrogens is 464 g/mol. The van der Waals surface area contributed by atoms with E-state index in [0.717, 1.165) is 0 Å². The van der Waals surface area contributed by atoms with E-state index in [0.29, 0.717) is 31.7 Å². The number of carbonyl (C=O) groups is 4. The van der Waals surface area contributed by atoms with Gasteiger partial charge in [-0.2, -0.15) is 0 Å². The van der Waals surface area contributed by atoms with E-state index in [-0.39, 0.29) is 31.0 Å². The molecule has 0 spiro atoms. The summed E-state index contributed by atoms with van der Waals surface area (Å²) >= 11 is 0. The molecule has 2 aliphatic rings. The average Bonchev–Trinajstić information content (AvgIpc) is 3.11. The van der Waals surface area contributed by atoms with E-state index in [2.05, 4.69) is 16.0 Å². The molecule has 0 aliphatic carbocycles. The van der Waals surface area contributed by atoms with Gasteiger partial charge in [0.05, 0.1) is 25.1 Å². The molecular formula is C26H30N4O6. The Labute approximate surface area is 209 Å². The van der Waals surface area contributed by atoms with Gasteiger partial charge in [-0.3, -0.25) is 19.2 Å². The van der Waals surface area contributed by atoms with Crippen molar-refractivity contribution in [2.75, 3.05) is 32.8 Å². The van der Waals surface area contributed by atoms with Gasteiger partial charge in [0.2, 0.25) is 17.7 Å². The number of nitrogens with zero attached hydrogens (tertiary/aromatic N) is 1. The lowest BCUT2D eigenvalue weighted by Crippen LogP contribution is -2.54. The smallest absolute Gasteiger partial charge is 0.255 e. The second-order valence-corrected chi connectivity index (χ2v) is 8.76. The van der Waals surface area contributed by atoms with Gasteiger partial charge in [-0.1, -0.05) is 36.4 Å². The molecule has 36 heavy (non-hydrogen) atoms. The van der Waals surface area contributed by atoms with Gasteiger partial charge in [0.1, 0.15) is 24.4 Å². The monoisotopic (exact) mass is 494 g/mol. The number of amides is 4. The first kappa shape index (κ1) is 25.2. The van der Waals surface area contributed by atoms with Crippen LogP contribution in [0.25, 0.3) is 0 Å². The molecule has 0 radical (unpaired) electrons. The maximum atomic E-state index is 13.6. The molecule has 0 saturated carbocycles. The van der Waals surface area contributed by atoms with E-state index in [1.807, 2.05) is 24.3 Å². The zero-order valence-electron chi connectivity index (χ0n) is 19.9. The first-order valence-electron chi connectivity index (χ1n) is 12.0. The molecule has 10 heteroatoms. The van der Waals surface area contributed by atoms with Gasteiger partial charge in [-0.05, 0) is 36.1 Å². The molecule has 10 nitrogen and oxygen atoms in total. The Bertz CT molecular complexity index is 1110. The van der Waals surface area contributed by atoms with E-state index in [4.69, 9.17) is 4.74 Å². The lowest BCUT2D eigenvalue weighted by Gasteiger charge is -2.27. The maximum Gasteiger partial charge on any atom is 0.255 e. The number of rotatable bonds is 2. The minimum atomic E-state index is -1.19. The summed E-state index contributed by atoms with van der Waals surface area (Å²) in [5, 5.41) is 17.3. The second-order valence-electron chi connectivity index (χ2n) is 8.76. The highest BCUT2D eigenvalue weighted by Gasteiger charge is 2.31. The number of carbonyl (C=O) groups excluding carboxylic acids is 4. The van der Waals surface area contributed by atoms with Crippen LogP contribution in [0.3, 0.4) is 0 Å². The molecule has 4 N–H and O–H groups in total. The van der Waals surface area contributed by atoms with Gasteiger partial charge in [0.25, 0.3) is 5.91 Å². The molecule has 2 aliphatic heterocycles. The Balaban J connectivity index is 1.58. The number of aliphatic hydroxyl groups is 1. The lowest BCUT2D eigenvalue weighted by molar-refractivity contribution is -0.136. The number of nitrogens with one attached hydrogen (secondary N) is 3. The van der Waals surface area contributed by atoms with Gasteiger partial charge in [-0.25, -0.2) is 0 Å². The summed E-state index contributed by atoms with van der Waals surface area (Å²) in [6.45, 7) is 0.464. The van der Waals surface area contributed by atoms with Crippen molar-refractivity contribution in [1.29, 1.82) is 0 Å². The molecule has 0 bridgehead atoms. The lowest BCUT2D eigenvalue weighted by atomic mass is 10.0. The SMILES string of the molecule is O=C1C[C@@H](C(=O)N2CCc3ccccc3CC2)NC(=O)c2ccccc2OCCNC(=O)[C@H](CO)N1. The first-order valence-corrected chi connectivity index (χ1v) is 12.0. The van der Waals surface area contributed by atoms with Crippen LogP contribution >= 0.6 is 0 Å². The molecule has 0 unspecified atom stereocenters. The largest absolute Gasteiger partial charge is 0.491 e. The summed E-state index contributed by atoms with van der Waals surface area (Å²) in [6, 6.07) is 12.2. The molecule has 2 heterocycles. The van der Waals surface area contributed by atoms with Crippen molar-refractivity contribution in [3.05, 3.63) is 65.2 Å². The third kappa shape index (κ3) is 6.01. The summed E-state index contributed by atoms with van der Waals surface area (Å²) < 4.78 is 5.68. The standard InChI is InChI=1S/C26H30N4O6/c31-16-21-25(34)27-11-14-36-22-8-4-3-7-19(22)24(33)29-20(15-23(32)28-21)26(35)30-12-9-17-5-1-2-6-18(17)10-13-30/h1-8,20-21,31H,9-16H2,(H,27,34)(H,28,32)(H,29,33)/t20-,21-/m0/s1. The van der Waals surface area contributed by atoms with E-state index < -0.39 is 36.4 Å². The quantitative estimate of drug-likeness (QED) is 0.456. The summed E-state index contributed by atoms with van der Waals surface area (Å²) in [5.41, 5.74) is 2.56. The zero-order valence-corrected chi connectivity index (χ0v) is 19.9. The number of fused-ring (bicyclic) bond motifs is 2. The average molecular weight is 495 g/mol. The molecule has 190 valence electrons. The van der Waals surface area contributed by atoms with Crippen LogP contribution in [0.5, 0.6) is 5.75 Å². The number of para-hydroxylation sites is 1. The van der Waals surface area contributed by atoms with Crippen LogP contribution in [0.4, 0.5) is 0 Å². The number of hydrogen-bond acceptors (Lipinski definition) is 6. The number of aliphatic hydroxyl groups excluding tert-OH is 1. The van der Waals surface area contributed by atoms with Crippen LogP contribution in [0, 0.1) is 0 Å². The van der Waals surface area contributed by atoms with Gasteiger partial charge in [0.15, 0.2) is 0 Å². The summed E-state index contributed by atoms with van der Waals surface area (Å²) in [4.78, 5) is 53.6. The highest BCUT2D eigenvalue weighted by molar-refractivity contribution is 6.01. The molecule has 4 rings (SSSR count). The predicted octanol–water partition coefficient (Wildman–Crippen LogP) is -0.212. The number of benzene rings is 2. The molecule has 0 saturated heterocycles. The van der Waals surface area contributed by atoms with Crippen molar-refractivity contribution in [3.63, 3.8) is 0 Å². The number of ether oxygens (including phenoxy) is 1. The Morgan fingerprint density at radius 2 is 1.64 bits per heavy atom. The van der Waals surface area contributed by atoms with E-state index in [9.17, 15) is 24.3 Å². The van der Waals surface area contributed by atoms with Gasteiger partial charge < -0.3 is 30.7 Å². The van der Waals surface area contributed by atoms with Gasteiger partial charge >= 0.3 is 0 Å². The van der Waals surface area contributed by atoms with Crippen LogP contribution in [0.15, 0.2) is 48.5 Å². The van der Waals surface area contributed by atoms with E-state index in [1.54, 1.807) is 29.2 Å². The molecule has 2 aromatic rings. The van der Waals surface area contributed by atoms with Crippen LogP contribution < -0.4 is 20.7 Å². The molecule has 2 aromatic carbocycles. The third-order valence-electron chi connectivity index (χ3n) is 6.35. The van der Waals surface area contributed by atoms with E-state index >= 15 is 0 Å². The van der Waals surface area contributed by atoms with Crippen LogP contribution in [0.1, 0.15) is 27.9 Å². The minimum Gasteiger partial charge on any atom is -0.491 e. The normalized spacial score (nSPS) is 21.4. The Hall–Kier alpha value is -3.92. The number of hydrogen-bond donors (Lipinski definition) is 4. The molecule has 0 aromatic heterocycles. The maximum absolute atomic E-state index is 13.6. The van der Waals surface area contributed by atoms with Crippen molar-refractivity contribution >= 4 is 23.6 Å². The second kappa shape index (κ2) is 11.7. The van der Waals surface area contributed by atoms with Gasteiger partial charge in [-0.15, -0.1) is 0 Å². The Morgan fingerprint density at radius 1 is 0.972 bits per heavy atom. The fraction of sp³-hybridized carbons (Fsp3) is 0.385. The fourth-order valence-corrected chi connectivity index (χ4v) is 4.42. The molecule has 2 atom stereocenters. The van der Waals surface area contributed by atoms with E-state index in [1.165, 1.54) is 11.1 Å². The predicted molar refractivity (Wildman–Crippen MR) is 130 cm³/mol. The zero-order chi connectivity index (χ0) is 25.5. The van der Waals surface area contributed by atoms with Crippen LogP contribution in [-0.4, -0.2) is 78.6 Å². The molecule has 0 fully saturated rings. The topological polar surface area (TPSA) is 137 Å². The first-order chi connectivity index (χ1) is 17.5. The summed E-state index contributed by atoms with van der Waals surface area (Å²) in [5.74, 6) is -1.85. The highest BCUT2D eigenvalue weighted by atomic mass is 16.5. The van der Waals surface area contributed by atoms with Crippen molar-refractivity contribution in [2.45, 2.75) is 31.3 Å². The van der Waals surface area contributed by atoms with Crippen molar-refractivity contribution < 1.29 is 29.0 Å².